The quantitative estimate of drug-likeness (QED) is 0.132. The molecule has 0 spiro atoms. The Balaban J connectivity index is 1.98. The summed E-state index contributed by atoms with van der Waals surface area (Å²) in [6.45, 7) is 3.65. The van der Waals surface area contributed by atoms with Crippen molar-refractivity contribution in [1.29, 1.82) is 0 Å². The van der Waals surface area contributed by atoms with Crippen molar-refractivity contribution >= 4 is 23.5 Å². The molecule has 1 aliphatic rings. The van der Waals surface area contributed by atoms with Gasteiger partial charge in [0.15, 0.2) is 0 Å². The summed E-state index contributed by atoms with van der Waals surface area (Å²) < 4.78 is 10.3. The lowest BCUT2D eigenvalue weighted by Gasteiger charge is -2.29. The van der Waals surface area contributed by atoms with Crippen molar-refractivity contribution in [2.45, 2.75) is 101 Å². The van der Waals surface area contributed by atoms with Crippen LogP contribution < -0.4 is 0 Å². The highest BCUT2D eigenvalue weighted by molar-refractivity contribution is 6.24. The van der Waals surface area contributed by atoms with Gasteiger partial charge in [-0.25, -0.2) is 0 Å². The molecule has 1 fully saturated rings. The molecule has 0 heterocycles. The predicted octanol–water partition coefficient (Wildman–Crippen LogP) is 7.41. The molecule has 1 aromatic rings. The van der Waals surface area contributed by atoms with Gasteiger partial charge >= 0.3 is 11.9 Å². The molecule has 2 rings (SSSR count). The fourth-order valence-electron chi connectivity index (χ4n) is 4.62. The smallest absolute Gasteiger partial charge is 0.305 e. The van der Waals surface area contributed by atoms with Crippen molar-refractivity contribution < 1.29 is 19.1 Å². The Hall–Kier alpha value is -1.81. The van der Waals surface area contributed by atoms with Crippen LogP contribution in [0.3, 0.4) is 0 Å². The Kier molecular flexibility index (Phi) is 11.3. The Labute approximate surface area is 198 Å². The lowest BCUT2D eigenvalue weighted by Crippen LogP contribution is -2.24. The topological polar surface area (TPSA) is 52.6 Å². The van der Waals surface area contributed by atoms with E-state index in [0.29, 0.717) is 12.3 Å². The van der Waals surface area contributed by atoms with Crippen LogP contribution in [-0.2, 0) is 19.1 Å². The lowest BCUT2D eigenvalue weighted by atomic mass is 9.85. The fraction of sp³-hybridized carbons (Fsp3) is 0.630. The van der Waals surface area contributed by atoms with Gasteiger partial charge in [-0.05, 0) is 56.1 Å². The van der Waals surface area contributed by atoms with Gasteiger partial charge < -0.3 is 9.47 Å². The number of carbonyl (C=O) groups excluding carboxylic acids is 2. The summed E-state index contributed by atoms with van der Waals surface area (Å²) in [6.07, 6.45) is 14.5. The number of carbonyl (C=O) groups is 2. The van der Waals surface area contributed by atoms with Crippen molar-refractivity contribution in [2.24, 2.45) is 0 Å². The highest BCUT2D eigenvalue weighted by atomic mass is 35.5. The molecule has 0 aliphatic heterocycles. The molecule has 5 heteroatoms. The number of halogens is 1. The minimum atomic E-state index is -0.267. The van der Waals surface area contributed by atoms with E-state index in [1.54, 1.807) is 0 Å². The molecule has 0 amide bonds. The number of esters is 2. The van der Waals surface area contributed by atoms with Crippen LogP contribution in [0.1, 0.15) is 108 Å². The number of ether oxygens (including phenoxy) is 2. The molecule has 4 nitrogen and oxygen atoms in total. The molecular formula is C27H39ClO4. The van der Waals surface area contributed by atoms with Crippen molar-refractivity contribution in [3.63, 3.8) is 0 Å². The minimum absolute atomic E-state index is 0.159. The second-order valence-electron chi connectivity index (χ2n) is 8.88. The van der Waals surface area contributed by atoms with Crippen LogP contribution in [0.25, 0.3) is 0 Å². The number of hydrogen-bond donors (Lipinski definition) is 0. The van der Waals surface area contributed by atoms with Crippen molar-refractivity contribution in [1.82, 2.24) is 0 Å². The predicted molar refractivity (Wildman–Crippen MR) is 130 cm³/mol. The molecule has 1 aromatic carbocycles. The summed E-state index contributed by atoms with van der Waals surface area (Å²) in [5.41, 5.74) is 2.32. The van der Waals surface area contributed by atoms with Gasteiger partial charge in [-0.2, -0.15) is 0 Å². The van der Waals surface area contributed by atoms with Gasteiger partial charge in [0.1, 0.15) is 6.10 Å². The minimum Gasteiger partial charge on any atom is -0.469 e. The summed E-state index contributed by atoms with van der Waals surface area (Å²) >= 11 is 7.12. The second-order valence-corrected chi connectivity index (χ2v) is 9.64. The molecule has 0 saturated heterocycles. The van der Waals surface area contributed by atoms with Gasteiger partial charge in [0, 0.05) is 19.3 Å². The van der Waals surface area contributed by atoms with E-state index in [0.717, 1.165) is 69.8 Å². The van der Waals surface area contributed by atoms with E-state index >= 15 is 0 Å². The van der Waals surface area contributed by atoms with E-state index in [4.69, 9.17) is 16.3 Å². The number of methoxy groups -OCH3 is 1. The summed E-state index contributed by atoms with van der Waals surface area (Å²) in [6, 6.07) is 8.54. The number of alkyl halides is 1. The Bertz CT molecular complexity index is 743. The van der Waals surface area contributed by atoms with Crippen LogP contribution in [0.4, 0.5) is 0 Å². The van der Waals surface area contributed by atoms with Crippen molar-refractivity contribution in [3.8, 4) is 0 Å². The average Bonchev–Trinajstić information content (AvgIpc) is 3.16. The molecule has 178 valence electrons. The first kappa shape index (κ1) is 26.4. The zero-order valence-corrected chi connectivity index (χ0v) is 20.7. The molecule has 32 heavy (non-hydrogen) atoms. The Morgan fingerprint density at radius 3 is 2.59 bits per heavy atom. The normalized spacial score (nSPS) is 21.6. The fourth-order valence-corrected chi connectivity index (χ4v) is 5.08. The van der Waals surface area contributed by atoms with Gasteiger partial charge in [-0.15, -0.1) is 11.6 Å². The van der Waals surface area contributed by atoms with Crippen molar-refractivity contribution in [3.05, 3.63) is 47.5 Å². The molecule has 0 bridgehead atoms. The van der Waals surface area contributed by atoms with Crippen LogP contribution in [0.5, 0.6) is 0 Å². The molecule has 1 saturated carbocycles. The maximum atomic E-state index is 11.6. The van der Waals surface area contributed by atoms with Crippen LogP contribution in [-0.4, -0.2) is 23.9 Å². The molecule has 3 atom stereocenters. The zero-order chi connectivity index (χ0) is 23.4. The van der Waals surface area contributed by atoms with Gasteiger partial charge in [-0.3, -0.25) is 9.59 Å². The van der Waals surface area contributed by atoms with E-state index in [-0.39, 0.29) is 22.9 Å². The Morgan fingerprint density at radius 2 is 1.94 bits per heavy atom. The molecule has 1 unspecified atom stereocenters. The van der Waals surface area contributed by atoms with Gasteiger partial charge in [0.25, 0.3) is 0 Å². The Morgan fingerprint density at radius 1 is 1.19 bits per heavy atom. The first-order chi connectivity index (χ1) is 15.4. The first-order valence-electron chi connectivity index (χ1n) is 12.1. The van der Waals surface area contributed by atoms with E-state index in [1.807, 2.05) is 0 Å². The number of benzene rings is 1. The van der Waals surface area contributed by atoms with Crippen LogP contribution >= 0.6 is 11.6 Å². The van der Waals surface area contributed by atoms with Gasteiger partial charge in [0.2, 0.25) is 0 Å². The summed E-state index contributed by atoms with van der Waals surface area (Å²) in [5.74, 6) is -0.0810. The molecular weight excluding hydrogens is 424 g/mol. The monoisotopic (exact) mass is 462 g/mol. The molecule has 0 N–H and O–H groups in total. The van der Waals surface area contributed by atoms with Gasteiger partial charge in [0.05, 0.1) is 12.0 Å². The summed E-state index contributed by atoms with van der Waals surface area (Å²) in [5, 5.41) is 0. The van der Waals surface area contributed by atoms with E-state index < -0.39 is 0 Å². The number of unbranched alkanes of at least 4 members (excludes halogenated alkanes) is 3. The number of rotatable bonds is 13. The maximum Gasteiger partial charge on any atom is 0.305 e. The molecule has 0 radical (unpaired) electrons. The SMILES string of the molecule is CCCCCC(OC(C)=O)c1ccc([C@@H]2CCC[C@@]2(Cl)C/C=C\CCCC(=O)OC)cc1. The zero-order valence-electron chi connectivity index (χ0n) is 19.9. The van der Waals surface area contributed by atoms with Crippen LogP contribution in [0, 0.1) is 0 Å². The first-order valence-corrected chi connectivity index (χ1v) is 12.4. The lowest BCUT2D eigenvalue weighted by molar-refractivity contribution is -0.147. The van der Waals surface area contributed by atoms with E-state index in [1.165, 1.54) is 19.6 Å². The average molecular weight is 463 g/mol. The molecule has 0 aromatic heterocycles. The molecule has 1 aliphatic carbocycles. The number of hydrogen-bond acceptors (Lipinski definition) is 4. The van der Waals surface area contributed by atoms with E-state index in [9.17, 15) is 9.59 Å². The summed E-state index contributed by atoms with van der Waals surface area (Å²) in [7, 11) is 1.42. The largest absolute Gasteiger partial charge is 0.469 e. The highest BCUT2D eigenvalue weighted by Crippen LogP contribution is 2.49. The second kappa shape index (κ2) is 13.7. The standard InChI is InChI=1S/C27H39ClO4/c1-4-5-8-13-25(32-21(2)29)23-17-15-22(16-18-23)24-12-11-20-27(24,28)19-10-7-6-9-14-26(30)31-3/h7,10,15-18,24-25H,4-6,8-9,11-14,19-20H2,1-3H3/b10-7-/t24-,25?,27-/m0/s1. The van der Waals surface area contributed by atoms with E-state index in [2.05, 4.69) is 48.1 Å². The van der Waals surface area contributed by atoms with Crippen molar-refractivity contribution in [2.75, 3.05) is 7.11 Å². The number of allylic oxidation sites excluding steroid dienone is 2. The van der Waals surface area contributed by atoms with Crippen LogP contribution in [0.15, 0.2) is 36.4 Å². The van der Waals surface area contributed by atoms with Gasteiger partial charge in [-0.1, -0.05) is 62.6 Å². The maximum absolute atomic E-state index is 11.6. The third-order valence-electron chi connectivity index (χ3n) is 6.40. The highest BCUT2D eigenvalue weighted by Gasteiger charge is 2.41. The summed E-state index contributed by atoms with van der Waals surface area (Å²) in [4.78, 5) is 22.5. The third kappa shape index (κ3) is 8.27. The van der Waals surface area contributed by atoms with Crippen LogP contribution in [0.2, 0.25) is 0 Å². The third-order valence-corrected chi connectivity index (χ3v) is 7.01.